The van der Waals surface area contributed by atoms with E-state index in [1.54, 1.807) is 30.2 Å². The van der Waals surface area contributed by atoms with E-state index in [-0.39, 0.29) is 12.2 Å². The number of rotatable bonds is 7. The van der Waals surface area contributed by atoms with E-state index in [9.17, 15) is 19.7 Å². The van der Waals surface area contributed by atoms with Crippen molar-refractivity contribution >= 4 is 17.8 Å². The average Bonchev–Trinajstić information content (AvgIpc) is 3.00. The Labute approximate surface area is 149 Å². The van der Waals surface area contributed by atoms with Crippen molar-refractivity contribution in [2.75, 3.05) is 7.11 Å². The molecule has 0 aromatic carbocycles. The van der Waals surface area contributed by atoms with Gasteiger partial charge >= 0.3 is 16.9 Å². The summed E-state index contributed by atoms with van der Waals surface area (Å²) in [5, 5.41) is 15.6. The van der Waals surface area contributed by atoms with Crippen molar-refractivity contribution in [3.05, 3.63) is 54.6 Å². The van der Waals surface area contributed by atoms with Gasteiger partial charge in [0.15, 0.2) is 0 Å². The van der Waals surface area contributed by atoms with E-state index in [1.807, 2.05) is 6.92 Å². The van der Waals surface area contributed by atoms with Gasteiger partial charge in [-0.3, -0.25) is 24.2 Å². The standard InChI is InChI=1S/C16H21N5O5/c1-5-8-19-13(7-6-12-9-17-18(3)10-12)14(21(24)25)15(22)20(16(19)23)11(2)26-4/h6-7,9-11H,5,8H2,1-4H3. The van der Waals surface area contributed by atoms with Crippen molar-refractivity contribution < 1.29 is 9.66 Å². The second-order valence-electron chi connectivity index (χ2n) is 5.72. The highest BCUT2D eigenvalue weighted by atomic mass is 16.6. The Morgan fingerprint density at radius 2 is 2.08 bits per heavy atom. The topological polar surface area (TPSA) is 114 Å². The maximum Gasteiger partial charge on any atom is 0.357 e. The number of methoxy groups -OCH3 is 1. The zero-order valence-electron chi connectivity index (χ0n) is 15.1. The maximum absolute atomic E-state index is 12.8. The molecule has 0 aliphatic carbocycles. The van der Waals surface area contributed by atoms with Crippen molar-refractivity contribution in [3.8, 4) is 0 Å². The molecule has 0 radical (unpaired) electrons. The van der Waals surface area contributed by atoms with Crippen LogP contribution in [-0.4, -0.2) is 30.9 Å². The fourth-order valence-electron chi connectivity index (χ4n) is 2.58. The molecular weight excluding hydrogens is 342 g/mol. The van der Waals surface area contributed by atoms with Crippen LogP contribution in [0.1, 0.15) is 37.8 Å². The highest BCUT2D eigenvalue weighted by Gasteiger charge is 2.28. The van der Waals surface area contributed by atoms with E-state index in [1.165, 1.54) is 24.7 Å². The summed E-state index contributed by atoms with van der Waals surface area (Å²) in [6, 6.07) is 0. The average molecular weight is 363 g/mol. The summed E-state index contributed by atoms with van der Waals surface area (Å²) in [4.78, 5) is 36.2. The highest BCUT2D eigenvalue weighted by Crippen LogP contribution is 2.17. The summed E-state index contributed by atoms with van der Waals surface area (Å²) >= 11 is 0. The van der Waals surface area contributed by atoms with Crippen LogP contribution in [0, 0.1) is 10.1 Å². The molecule has 0 fully saturated rings. The van der Waals surface area contributed by atoms with Crippen LogP contribution >= 0.6 is 0 Å². The predicted molar refractivity (Wildman–Crippen MR) is 95.8 cm³/mol. The van der Waals surface area contributed by atoms with Crippen molar-refractivity contribution in [1.29, 1.82) is 0 Å². The summed E-state index contributed by atoms with van der Waals surface area (Å²) in [5.41, 5.74) is -1.67. The van der Waals surface area contributed by atoms with Crippen LogP contribution in [0.25, 0.3) is 12.2 Å². The number of aryl methyl sites for hydroxylation is 1. The van der Waals surface area contributed by atoms with Crippen LogP contribution in [0.15, 0.2) is 22.0 Å². The molecule has 0 spiro atoms. The maximum atomic E-state index is 12.8. The third-order valence-corrected chi connectivity index (χ3v) is 3.88. The molecule has 0 saturated carbocycles. The summed E-state index contributed by atoms with van der Waals surface area (Å²) in [5.74, 6) is 0. The Kier molecular flexibility index (Phi) is 5.88. The molecule has 0 N–H and O–H groups in total. The molecule has 2 heterocycles. The van der Waals surface area contributed by atoms with E-state index >= 15 is 0 Å². The monoisotopic (exact) mass is 363 g/mol. The number of ether oxygens (including phenoxy) is 1. The Hall–Kier alpha value is -3.01. The third-order valence-electron chi connectivity index (χ3n) is 3.88. The summed E-state index contributed by atoms with van der Waals surface area (Å²) in [6.45, 7) is 3.54. The smallest absolute Gasteiger partial charge is 0.357 e. The van der Waals surface area contributed by atoms with Gasteiger partial charge in [-0.1, -0.05) is 6.92 Å². The number of aromatic nitrogens is 4. The fraction of sp³-hybridized carbons (Fsp3) is 0.438. The first-order chi connectivity index (χ1) is 12.3. The van der Waals surface area contributed by atoms with E-state index in [2.05, 4.69) is 5.10 Å². The second-order valence-corrected chi connectivity index (χ2v) is 5.72. The van der Waals surface area contributed by atoms with E-state index in [4.69, 9.17) is 4.74 Å². The van der Waals surface area contributed by atoms with Crippen molar-refractivity contribution in [1.82, 2.24) is 18.9 Å². The summed E-state index contributed by atoms with van der Waals surface area (Å²) in [6.07, 6.45) is 5.88. The largest absolute Gasteiger partial charge is 0.361 e. The van der Waals surface area contributed by atoms with Gasteiger partial charge in [-0.05, 0) is 25.5 Å². The van der Waals surface area contributed by atoms with Crippen LogP contribution in [0.4, 0.5) is 5.69 Å². The first-order valence-corrected chi connectivity index (χ1v) is 8.05. The molecule has 1 atom stereocenters. The first kappa shape index (κ1) is 19.3. The molecule has 0 aliphatic heterocycles. The Morgan fingerprint density at radius 3 is 2.58 bits per heavy atom. The van der Waals surface area contributed by atoms with Crippen LogP contribution in [0.5, 0.6) is 0 Å². The highest BCUT2D eigenvalue weighted by molar-refractivity contribution is 5.71. The quantitative estimate of drug-likeness (QED) is 0.542. The number of hydrogen-bond donors (Lipinski definition) is 0. The van der Waals surface area contributed by atoms with Gasteiger partial charge in [-0.15, -0.1) is 0 Å². The van der Waals surface area contributed by atoms with Gasteiger partial charge < -0.3 is 4.74 Å². The molecule has 1 unspecified atom stereocenters. The molecule has 2 aromatic heterocycles. The van der Waals surface area contributed by atoms with Gasteiger partial charge in [0.05, 0.1) is 11.1 Å². The van der Waals surface area contributed by atoms with E-state index in [0.717, 1.165) is 4.57 Å². The molecule has 0 saturated heterocycles. The third kappa shape index (κ3) is 3.64. The van der Waals surface area contributed by atoms with Gasteiger partial charge in [-0.2, -0.15) is 5.10 Å². The van der Waals surface area contributed by atoms with Crippen molar-refractivity contribution in [2.24, 2.45) is 7.05 Å². The lowest BCUT2D eigenvalue weighted by Gasteiger charge is -2.16. The lowest BCUT2D eigenvalue weighted by atomic mass is 10.2. The summed E-state index contributed by atoms with van der Waals surface area (Å²) in [7, 11) is 3.06. The van der Waals surface area contributed by atoms with E-state index in [0.29, 0.717) is 12.0 Å². The van der Waals surface area contributed by atoms with Crippen LogP contribution in [0.2, 0.25) is 0 Å². The van der Waals surface area contributed by atoms with Gasteiger partial charge in [-0.25, -0.2) is 9.36 Å². The second kappa shape index (κ2) is 7.91. The van der Waals surface area contributed by atoms with Crippen LogP contribution in [-0.2, 0) is 18.3 Å². The predicted octanol–water partition coefficient (Wildman–Crippen LogP) is 1.40. The van der Waals surface area contributed by atoms with Gasteiger partial charge in [0.2, 0.25) is 0 Å². The molecule has 10 heteroatoms. The van der Waals surface area contributed by atoms with Crippen LogP contribution in [0.3, 0.4) is 0 Å². The van der Waals surface area contributed by atoms with Crippen molar-refractivity contribution in [2.45, 2.75) is 33.0 Å². The van der Waals surface area contributed by atoms with Crippen LogP contribution < -0.4 is 11.2 Å². The molecule has 10 nitrogen and oxygen atoms in total. The zero-order valence-corrected chi connectivity index (χ0v) is 15.1. The molecule has 0 amide bonds. The normalized spacial score (nSPS) is 12.6. The van der Waals surface area contributed by atoms with Gasteiger partial charge in [0, 0.05) is 32.5 Å². The van der Waals surface area contributed by atoms with Gasteiger partial charge in [0.1, 0.15) is 11.9 Å². The number of hydrogen-bond acceptors (Lipinski definition) is 6. The summed E-state index contributed by atoms with van der Waals surface area (Å²) < 4.78 is 8.59. The fourth-order valence-corrected chi connectivity index (χ4v) is 2.58. The molecular formula is C16H21N5O5. The molecule has 140 valence electrons. The SMILES string of the molecule is CCCn1c(C=Cc2cnn(C)c2)c([N+](=O)[O-])c(=O)n(C(C)OC)c1=O. The number of nitrogens with zero attached hydrogens (tertiary/aromatic N) is 5. The molecule has 0 bridgehead atoms. The number of nitro groups is 1. The lowest BCUT2D eigenvalue weighted by molar-refractivity contribution is -0.387. The molecule has 2 rings (SSSR count). The minimum absolute atomic E-state index is 0.0461. The first-order valence-electron chi connectivity index (χ1n) is 8.05. The van der Waals surface area contributed by atoms with Crippen molar-refractivity contribution in [3.63, 3.8) is 0 Å². The minimum Gasteiger partial charge on any atom is -0.361 e. The zero-order chi connectivity index (χ0) is 19.4. The molecule has 26 heavy (non-hydrogen) atoms. The van der Waals surface area contributed by atoms with E-state index < -0.39 is 28.1 Å². The minimum atomic E-state index is -0.993. The lowest BCUT2D eigenvalue weighted by Crippen LogP contribution is -2.44. The molecule has 0 aliphatic rings. The molecule has 2 aromatic rings. The Balaban J connectivity index is 2.79. The Bertz CT molecular complexity index is 953. The Morgan fingerprint density at radius 1 is 1.38 bits per heavy atom. The van der Waals surface area contributed by atoms with Gasteiger partial charge in [0.25, 0.3) is 0 Å².